The smallest absolute Gasteiger partial charge is 0.158 e. The number of H-pyrrole nitrogens is 1. The van der Waals surface area contributed by atoms with Crippen molar-refractivity contribution in [3.63, 3.8) is 0 Å². The summed E-state index contributed by atoms with van der Waals surface area (Å²) in [7, 11) is 0. The fourth-order valence-electron chi connectivity index (χ4n) is 0.885. The Balaban J connectivity index is 0.000000336. The molecular weight excluding hydrogens is 152 g/mol. The molecule has 0 saturated heterocycles. The van der Waals surface area contributed by atoms with Crippen LogP contribution in [0.4, 0.5) is 0 Å². The lowest BCUT2D eigenvalue weighted by Gasteiger charge is -1.88. The molecule has 2 heterocycles. The van der Waals surface area contributed by atoms with Gasteiger partial charge in [0.05, 0.1) is 17.3 Å². The second-order valence-corrected chi connectivity index (χ2v) is 2.09. The molecule has 0 amide bonds. The Kier molecular flexibility index (Phi) is 2.74. The van der Waals surface area contributed by atoms with Crippen molar-refractivity contribution in [1.82, 2.24) is 20.2 Å². The van der Waals surface area contributed by atoms with Crippen LogP contribution in [0, 0.1) is 6.92 Å². The van der Waals surface area contributed by atoms with Crippen LogP contribution in [0.15, 0.2) is 12.5 Å². The van der Waals surface area contributed by atoms with Crippen molar-refractivity contribution in [3.05, 3.63) is 18.2 Å². The number of aromatic nitrogens is 4. The minimum atomic E-state index is 0.799. The Morgan fingerprint density at radius 3 is 2.67 bits per heavy atom. The lowest BCUT2D eigenvalue weighted by molar-refractivity contribution is 1.08. The van der Waals surface area contributed by atoms with Gasteiger partial charge in [-0.2, -0.15) is 5.10 Å². The van der Waals surface area contributed by atoms with Gasteiger partial charge in [0.2, 0.25) is 0 Å². The summed E-state index contributed by atoms with van der Waals surface area (Å²) in [5.41, 5.74) is 1.76. The van der Waals surface area contributed by atoms with E-state index in [1.165, 1.54) is 6.33 Å². The molecule has 0 aliphatic carbocycles. The maximum atomic E-state index is 4.01. The molecule has 1 N–H and O–H groups in total. The van der Waals surface area contributed by atoms with Gasteiger partial charge in [-0.3, -0.25) is 5.10 Å². The van der Waals surface area contributed by atoms with Gasteiger partial charge in [0.1, 0.15) is 6.33 Å². The van der Waals surface area contributed by atoms with Crippen molar-refractivity contribution >= 4 is 11.0 Å². The molecular formula is C8H12N4. The van der Waals surface area contributed by atoms with Gasteiger partial charge in [-0.1, -0.05) is 13.8 Å². The Labute approximate surface area is 71.1 Å². The van der Waals surface area contributed by atoms with Gasteiger partial charge in [0, 0.05) is 0 Å². The average molecular weight is 164 g/mol. The number of nitrogens with zero attached hydrogens (tertiary/aromatic N) is 3. The van der Waals surface area contributed by atoms with E-state index in [0.717, 1.165) is 16.7 Å². The Bertz CT molecular complexity index is 353. The number of nitrogens with one attached hydrogen (secondary N) is 1. The van der Waals surface area contributed by atoms with Crippen molar-refractivity contribution in [2.24, 2.45) is 0 Å². The topological polar surface area (TPSA) is 54.5 Å². The van der Waals surface area contributed by atoms with Crippen LogP contribution in [0.5, 0.6) is 0 Å². The van der Waals surface area contributed by atoms with Crippen LogP contribution in [-0.2, 0) is 0 Å². The molecule has 0 aromatic carbocycles. The number of fused-ring (bicyclic) bond motifs is 1. The Morgan fingerprint density at radius 1 is 1.25 bits per heavy atom. The van der Waals surface area contributed by atoms with Gasteiger partial charge in [-0.05, 0) is 6.92 Å². The Hall–Kier alpha value is -1.45. The summed E-state index contributed by atoms with van der Waals surface area (Å²) < 4.78 is 0. The van der Waals surface area contributed by atoms with Gasteiger partial charge >= 0.3 is 0 Å². The number of hydrogen-bond acceptors (Lipinski definition) is 3. The molecule has 2 aromatic rings. The molecule has 4 nitrogen and oxygen atoms in total. The summed E-state index contributed by atoms with van der Waals surface area (Å²) in [6, 6.07) is 0. The lowest BCUT2D eigenvalue weighted by Crippen LogP contribution is -1.83. The van der Waals surface area contributed by atoms with Crippen molar-refractivity contribution in [3.8, 4) is 0 Å². The molecule has 12 heavy (non-hydrogen) atoms. The highest BCUT2D eigenvalue weighted by molar-refractivity contribution is 5.75. The zero-order valence-corrected chi connectivity index (χ0v) is 7.50. The molecule has 0 atom stereocenters. The monoisotopic (exact) mass is 164 g/mol. The summed E-state index contributed by atoms with van der Waals surface area (Å²) in [5.74, 6) is 0. The van der Waals surface area contributed by atoms with E-state index >= 15 is 0 Å². The van der Waals surface area contributed by atoms with E-state index in [4.69, 9.17) is 0 Å². The minimum Gasteiger partial charge on any atom is -0.261 e. The normalized spacial score (nSPS) is 9.25. The van der Waals surface area contributed by atoms with Crippen LogP contribution in [0.2, 0.25) is 0 Å². The highest BCUT2D eigenvalue weighted by Crippen LogP contribution is 2.08. The van der Waals surface area contributed by atoms with Crippen LogP contribution in [-0.4, -0.2) is 20.2 Å². The Morgan fingerprint density at radius 2 is 2.00 bits per heavy atom. The number of hydrogen-bond donors (Lipinski definition) is 1. The van der Waals surface area contributed by atoms with Gasteiger partial charge in [-0.25, -0.2) is 9.97 Å². The summed E-state index contributed by atoms with van der Waals surface area (Å²) in [6.45, 7) is 5.93. The molecule has 0 fully saturated rings. The van der Waals surface area contributed by atoms with Crippen LogP contribution in [0.3, 0.4) is 0 Å². The van der Waals surface area contributed by atoms with E-state index in [2.05, 4.69) is 20.2 Å². The number of aryl methyl sites for hydroxylation is 1. The van der Waals surface area contributed by atoms with Crippen molar-refractivity contribution in [2.75, 3.05) is 0 Å². The summed E-state index contributed by atoms with van der Waals surface area (Å²) in [6.07, 6.45) is 3.25. The SMILES string of the molecule is CC.Cc1ncnc2[nH]ncc12. The second-order valence-electron chi connectivity index (χ2n) is 2.09. The van der Waals surface area contributed by atoms with Gasteiger partial charge in [0.25, 0.3) is 0 Å². The molecule has 0 aliphatic rings. The van der Waals surface area contributed by atoms with E-state index in [-0.39, 0.29) is 0 Å². The summed E-state index contributed by atoms with van der Waals surface area (Å²) in [4.78, 5) is 7.98. The zero-order valence-electron chi connectivity index (χ0n) is 7.50. The van der Waals surface area contributed by atoms with E-state index in [0.29, 0.717) is 0 Å². The molecule has 0 bridgehead atoms. The molecule has 0 radical (unpaired) electrons. The highest BCUT2D eigenvalue weighted by Gasteiger charge is 1.97. The molecule has 0 spiro atoms. The summed E-state index contributed by atoms with van der Waals surface area (Å²) >= 11 is 0. The van der Waals surface area contributed by atoms with Crippen molar-refractivity contribution < 1.29 is 0 Å². The molecule has 0 unspecified atom stereocenters. The van der Waals surface area contributed by atoms with Crippen LogP contribution in [0.25, 0.3) is 11.0 Å². The van der Waals surface area contributed by atoms with E-state index in [1.807, 2.05) is 20.8 Å². The first-order valence-corrected chi connectivity index (χ1v) is 3.98. The molecule has 0 saturated carbocycles. The maximum Gasteiger partial charge on any atom is 0.158 e. The fourth-order valence-corrected chi connectivity index (χ4v) is 0.885. The third-order valence-corrected chi connectivity index (χ3v) is 1.45. The lowest BCUT2D eigenvalue weighted by atomic mass is 10.3. The van der Waals surface area contributed by atoms with E-state index in [9.17, 15) is 0 Å². The minimum absolute atomic E-state index is 0.799. The van der Waals surface area contributed by atoms with Crippen molar-refractivity contribution in [2.45, 2.75) is 20.8 Å². The molecule has 64 valence electrons. The van der Waals surface area contributed by atoms with E-state index in [1.54, 1.807) is 6.20 Å². The third-order valence-electron chi connectivity index (χ3n) is 1.45. The number of rotatable bonds is 0. The van der Waals surface area contributed by atoms with Crippen LogP contribution in [0.1, 0.15) is 19.5 Å². The number of aromatic amines is 1. The first-order valence-electron chi connectivity index (χ1n) is 3.98. The molecule has 2 aromatic heterocycles. The van der Waals surface area contributed by atoms with Gasteiger partial charge < -0.3 is 0 Å². The van der Waals surface area contributed by atoms with Crippen molar-refractivity contribution in [1.29, 1.82) is 0 Å². The molecule has 4 heteroatoms. The van der Waals surface area contributed by atoms with Gasteiger partial charge in [0.15, 0.2) is 5.65 Å². The average Bonchev–Trinajstić information content (AvgIpc) is 2.57. The zero-order chi connectivity index (χ0) is 8.97. The molecule has 0 aliphatic heterocycles. The fraction of sp³-hybridized carbons (Fsp3) is 0.375. The largest absolute Gasteiger partial charge is 0.261 e. The first kappa shape index (κ1) is 8.64. The molecule has 2 rings (SSSR count). The predicted molar refractivity (Wildman–Crippen MR) is 47.8 cm³/mol. The third kappa shape index (κ3) is 1.42. The standard InChI is InChI=1S/C6H6N4.C2H6/c1-4-5-2-9-10-6(5)8-3-7-4;1-2/h2-3H,1H3,(H,7,8,9,10);1-2H3. The predicted octanol–water partition coefficient (Wildman–Crippen LogP) is 1.69. The van der Waals surface area contributed by atoms with E-state index < -0.39 is 0 Å². The van der Waals surface area contributed by atoms with Crippen LogP contribution < -0.4 is 0 Å². The quantitative estimate of drug-likeness (QED) is 0.644. The van der Waals surface area contributed by atoms with Gasteiger partial charge in [-0.15, -0.1) is 0 Å². The second kappa shape index (κ2) is 3.80. The summed E-state index contributed by atoms with van der Waals surface area (Å²) in [5, 5.41) is 7.58. The maximum absolute atomic E-state index is 4.01. The highest BCUT2D eigenvalue weighted by atomic mass is 15.1. The van der Waals surface area contributed by atoms with Crippen LogP contribution >= 0.6 is 0 Å². The first-order chi connectivity index (χ1) is 5.88.